The van der Waals surface area contributed by atoms with Crippen molar-refractivity contribution < 1.29 is 0 Å². The summed E-state index contributed by atoms with van der Waals surface area (Å²) >= 11 is 6.30. The Morgan fingerprint density at radius 3 is 2.68 bits per heavy atom. The van der Waals surface area contributed by atoms with Crippen molar-refractivity contribution in [3.8, 4) is 5.69 Å². The minimum absolute atomic E-state index is 0.00771. The van der Waals surface area contributed by atoms with Crippen LogP contribution in [0.25, 0.3) is 15.9 Å². The number of thiophene rings is 1. The van der Waals surface area contributed by atoms with Crippen LogP contribution in [0.3, 0.4) is 0 Å². The minimum Gasteiger partial charge on any atom is -0.267 e. The zero-order chi connectivity index (χ0) is 13.4. The average Bonchev–Trinajstić information content (AvgIpc) is 2.88. The molecule has 96 valence electrons. The molecule has 2 aromatic heterocycles. The summed E-state index contributed by atoms with van der Waals surface area (Å²) in [6, 6.07) is 9.54. The molecule has 2 heterocycles. The molecular weight excluding hydrogens is 344 g/mol. The predicted molar refractivity (Wildman–Crippen MR) is 84.7 cm³/mol. The molecule has 0 aliphatic rings. The number of rotatable bonds is 2. The van der Waals surface area contributed by atoms with Gasteiger partial charge in [0.15, 0.2) is 5.16 Å². The van der Waals surface area contributed by atoms with Crippen molar-refractivity contribution in [2.24, 2.45) is 0 Å². The number of fused-ring (bicyclic) bond motifs is 1. The fraction of sp³-hybridized carbons (Fsp3) is 0.0769. The second-order valence-electron chi connectivity index (χ2n) is 3.85. The molecule has 0 N–H and O–H groups in total. The molecule has 0 aliphatic heterocycles. The molecule has 3 aromatic rings. The highest BCUT2D eigenvalue weighted by atomic mass is 79.9. The summed E-state index contributed by atoms with van der Waals surface area (Å²) < 4.78 is 3.34. The zero-order valence-electron chi connectivity index (χ0n) is 9.96. The van der Waals surface area contributed by atoms with E-state index in [0.29, 0.717) is 9.86 Å². The van der Waals surface area contributed by atoms with Crippen molar-refractivity contribution in [3.63, 3.8) is 0 Å². The topological polar surface area (TPSA) is 34.9 Å². The molecule has 1 aromatic carbocycles. The molecule has 0 aliphatic carbocycles. The molecular formula is C13H9BrN2OS2. The van der Waals surface area contributed by atoms with Crippen molar-refractivity contribution in [1.29, 1.82) is 0 Å². The molecule has 3 nitrogen and oxygen atoms in total. The van der Waals surface area contributed by atoms with Crippen LogP contribution in [0.4, 0.5) is 0 Å². The Morgan fingerprint density at radius 1 is 1.26 bits per heavy atom. The molecule has 6 heteroatoms. The van der Waals surface area contributed by atoms with Crippen LogP contribution in [0.2, 0.25) is 0 Å². The largest absolute Gasteiger partial charge is 0.276 e. The molecule has 19 heavy (non-hydrogen) atoms. The average molecular weight is 353 g/mol. The quantitative estimate of drug-likeness (QED) is 0.517. The second kappa shape index (κ2) is 5.11. The molecule has 0 amide bonds. The summed E-state index contributed by atoms with van der Waals surface area (Å²) in [5.41, 5.74) is 1.60. The van der Waals surface area contributed by atoms with E-state index < -0.39 is 0 Å². The first-order valence-electron chi connectivity index (χ1n) is 5.51. The third kappa shape index (κ3) is 2.24. The number of nitrogens with zero attached hydrogens (tertiary/aromatic N) is 2. The van der Waals surface area contributed by atoms with Crippen LogP contribution >= 0.6 is 39.0 Å². The van der Waals surface area contributed by atoms with E-state index in [4.69, 9.17) is 0 Å². The van der Waals surface area contributed by atoms with Crippen molar-refractivity contribution in [1.82, 2.24) is 9.55 Å². The summed E-state index contributed by atoms with van der Waals surface area (Å²) in [7, 11) is 0. The maximum absolute atomic E-state index is 12.6. The van der Waals surface area contributed by atoms with Gasteiger partial charge in [0.2, 0.25) is 0 Å². The van der Waals surface area contributed by atoms with Gasteiger partial charge in [-0.25, -0.2) is 4.98 Å². The molecule has 3 rings (SSSR count). The number of hydrogen-bond acceptors (Lipinski definition) is 4. The van der Waals surface area contributed by atoms with Crippen LogP contribution in [0.15, 0.2) is 50.1 Å². The van der Waals surface area contributed by atoms with Crippen LogP contribution < -0.4 is 5.56 Å². The van der Waals surface area contributed by atoms with E-state index in [0.717, 1.165) is 15.7 Å². The summed E-state index contributed by atoms with van der Waals surface area (Å²) in [5.74, 6) is 0. The molecule has 0 saturated carbocycles. The number of aromatic nitrogens is 2. The molecule has 0 fully saturated rings. The lowest BCUT2D eigenvalue weighted by Crippen LogP contribution is -2.20. The van der Waals surface area contributed by atoms with Gasteiger partial charge in [-0.3, -0.25) is 9.36 Å². The monoisotopic (exact) mass is 352 g/mol. The van der Waals surface area contributed by atoms with Gasteiger partial charge >= 0.3 is 0 Å². The molecule has 0 saturated heterocycles. The van der Waals surface area contributed by atoms with Crippen molar-refractivity contribution in [2.75, 3.05) is 6.26 Å². The summed E-state index contributed by atoms with van der Waals surface area (Å²) in [6.07, 6.45) is 1.93. The van der Waals surface area contributed by atoms with Crippen LogP contribution in [-0.4, -0.2) is 15.8 Å². The first-order chi connectivity index (χ1) is 9.20. The number of halogens is 1. The van der Waals surface area contributed by atoms with E-state index in [1.165, 1.54) is 23.1 Å². The van der Waals surface area contributed by atoms with Crippen LogP contribution in [0, 0.1) is 0 Å². The van der Waals surface area contributed by atoms with Gasteiger partial charge in [0.1, 0.15) is 4.70 Å². The molecule has 0 spiro atoms. The smallest absolute Gasteiger partial charge is 0.267 e. The molecule has 0 unspecified atom stereocenters. The Hall–Kier alpha value is -1.11. The first-order valence-corrected chi connectivity index (χ1v) is 8.40. The van der Waals surface area contributed by atoms with Crippen molar-refractivity contribution in [3.05, 3.63) is 50.5 Å². The van der Waals surface area contributed by atoms with E-state index in [1.54, 1.807) is 4.57 Å². The van der Waals surface area contributed by atoms with E-state index in [9.17, 15) is 4.79 Å². The van der Waals surface area contributed by atoms with E-state index in [-0.39, 0.29) is 5.56 Å². The number of benzene rings is 1. The van der Waals surface area contributed by atoms with Gasteiger partial charge < -0.3 is 0 Å². The molecule has 0 bridgehead atoms. The zero-order valence-corrected chi connectivity index (χ0v) is 13.2. The van der Waals surface area contributed by atoms with Gasteiger partial charge in [-0.15, -0.1) is 11.3 Å². The van der Waals surface area contributed by atoms with Gasteiger partial charge in [0, 0.05) is 4.47 Å². The number of hydrogen-bond donors (Lipinski definition) is 0. The SMILES string of the molecule is CSc1nc2ccsc2c(=O)n1-c1ccc(Br)cc1. The first kappa shape index (κ1) is 12.9. The highest BCUT2D eigenvalue weighted by molar-refractivity contribution is 9.10. The molecule has 0 radical (unpaired) electrons. The summed E-state index contributed by atoms with van der Waals surface area (Å²) in [6.45, 7) is 0. The third-order valence-corrected chi connectivity index (χ3v) is 4.78. The predicted octanol–water partition coefficient (Wildman–Crippen LogP) is 3.93. The van der Waals surface area contributed by atoms with Crippen LogP contribution in [0.1, 0.15) is 0 Å². The van der Waals surface area contributed by atoms with Gasteiger partial charge in [-0.05, 0) is 42.0 Å². The Morgan fingerprint density at radius 2 is 2.00 bits per heavy atom. The van der Waals surface area contributed by atoms with E-state index >= 15 is 0 Å². The highest BCUT2D eigenvalue weighted by Crippen LogP contribution is 2.22. The fourth-order valence-electron chi connectivity index (χ4n) is 1.85. The van der Waals surface area contributed by atoms with E-state index in [1.807, 2.05) is 42.0 Å². The van der Waals surface area contributed by atoms with E-state index in [2.05, 4.69) is 20.9 Å². The number of thioether (sulfide) groups is 1. The molecule has 0 atom stereocenters. The minimum atomic E-state index is -0.00771. The van der Waals surface area contributed by atoms with Crippen molar-refractivity contribution in [2.45, 2.75) is 5.16 Å². The maximum atomic E-state index is 12.6. The lowest BCUT2D eigenvalue weighted by Gasteiger charge is -2.10. The Labute approximate surface area is 126 Å². The lowest BCUT2D eigenvalue weighted by molar-refractivity contribution is 0.824. The lowest BCUT2D eigenvalue weighted by atomic mass is 10.3. The summed E-state index contributed by atoms with van der Waals surface area (Å²) in [5, 5.41) is 2.60. The standard InChI is InChI=1S/C13H9BrN2OS2/c1-18-13-15-10-6-7-19-11(10)12(17)16(13)9-4-2-8(14)3-5-9/h2-7H,1H3. The fourth-order valence-corrected chi connectivity index (χ4v) is 3.43. The Kier molecular flexibility index (Phi) is 3.47. The van der Waals surface area contributed by atoms with Gasteiger partial charge in [0.25, 0.3) is 5.56 Å². The maximum Gasteiger partial charge on any atom is 0.276 e. The highest BCUT2D eigenvalue weighted by Gasteiger charge is 2.12. The Balaban J connectivity index is 2.35. The van der Waals surface area contributed by atoms with Gasteiger partial charge in [-0.2, -0.15) is 0 Å². The second-order valence-corrected chi connectivity index (χ2v) is 6.46. The normalized spacial score (nSPS) is 11.1. The van der Waals surface area contributed by atoms with Gasteiger partial charge in [-0.1, -0.05) is 27.7 Å². The van der Waals surface area contributed by atoms with Crippen molar-refractivity contribution >= 4 is 49.2 Å². The van der Waals surface area contributed by atoms with Gasteiger partial charge in [0.05, 0.1) is 11.2 Å². The third-order valence-electron chi connectivity index (χ3n) is 2.72. The Bertz CT molecular complexity index is 793. The van der Waals surface area contributed by atoms with Crippen LogP contribution in [0.5, 0.6) is 0 Å². The van der Waals surface area contributed by atoms with Crippen LogP contribution in [-0.2, 0) is 0 Å². The summed E-state index contributed by atoms with van der Waals surface area (Å²) in [4.78, 5) is 17.1.